The van der Waals surface area contributed by atoms with E-state index < -0.39 is 0 Å². The molecule has 1 saturated heterocycles. The Morgan fingerprint density at radius 2 is 2.00 bits per heavy atom. The second kappa shape index (κ2) is 4.65. The Kier molecular flexibility index (Phi) is 3.24. The van der Waals surface area contributed by atoms with E-state index in [1.165, 1.54) is 31.5 Å². The van der Waals surface area contributed by atoms with Gasteiger partial charge in [-0.1, -0.05) is 19.9 Å². The van der Waals surface area contributed by atoms with Gasteiger partial charge in [-0.15, -0.1) is 0 Å². The number of nitrogens with zero attached hydrogens (tertiary/aromatic N) is 2. The van der Waals surface area contributed by atoms with Gasteiger partial charge in [0.1, 0.15) is 5.82 Å². The van der Waals surface area contributed by atoms with E-state index in [1.807, 2.05) is 6.20 Å². The molecule has 1 aromatic rings. The molecule has 2 rings (SSSR count). The first-order chi connectivity index (χ1) is 7.25. The maximum absolute atomic E-state index is 4.54. The fourth-order valence-corrected chi connectivity index (χ4v) is 2.14. The zero-order chi connectivity index (χ0) is 10.7. The van der Waals surface area contributed by atoms with Crippen molar-refractivity contribution in [1.82, 2.24) is 4.98 Å². The van der Waals surface area contributed by atoms with Crippen molar-refractivity contribution in [3.05, 3.63) is 23.9 Å². The topological polar surface area (TPSA) is 16.1 Å². The molecule has 0 aromatic carbocycles. The molecule has 2 nitrogen and oxygen atoms in total. The molecule has 2 heterocycles. The first kappa shape index (κ1) is 10.5. The molecule has 2 heteroatoms. The molecule has 0 N–H and O–H groups in total. The van der Waals surface area contributed by atoms with Crippen LogP contribution in [0.1, 0.15) is 32.3 Å². The molecule has 0 unspecified atom stereocenters. The number of hydrogen-bond acceptors (Lipinski definition) is 2. The number of anilines is 1. The standard InChI is InChI=1S/C13H20N2/c1-11(2)9-12-5-6-13(14-10-12)15-7-3-4-8-15/h5-6,10-11H,3-4,7-9H2,1-2H3. The molecule has 0 spiro atoms. The predicted octanol–water partition coefficient (Wildman–Crippen LogP) is 2.88. The summed E-state index contributed by atoms with van der Waals surface area (Å²) < 4.78 is 0. The molecule has 1 fully saturated rings. The van der Waals surface area contributed by atoms with Gasteiger partial charge in [0, 0.05) is 19.3 Å². The lowest BCUT2D eigenvalue weighted by Crippen LogP contribution is -2.18. The van der Waals surface area contributed by atoms with Crippen LogP contribution in [-0.2, 0) is 6.42 Å². The molecule has 15 heavy (non-hydrogen) atoms. The Balaban J connectivity index is 2.03. The van der Waals surface area contributed by atoms with Crippen LogP contribution >= 0.6 is 0 Å². The van der Waals surface area contributed by atoms with Crippen LogP contribution in [-0.4, -0.2) is 18.1 Å². The van der Waals surface area contributed by atoms with E-state index in [4.69, 9.17) is 0 Å². The normalized spacial score (nSPS) is 16.3. The fraction of sp³-hybridized carbons (Fsp3) is 0.615. The van der Waals surface area contributed by atoms with Crippen molar-refractivity contribution < 1.29 is 0 Å². The van der Waals surface area contributed by atoms with E-state index in [1.54, 1.807) is 0 Å². The Morgan fingerprint density at radius 3 is 2.53 bits per heavy atom. The maximum Gasteiger partial charge on any atom is 0.128 e. The molecule has 0 aliphatic carbocycles. The molecule has 1 aliphatic heterocycles. The Hall–Kier alpha value is -1.05. The molecule has 0 saturated carbocycles. The van der Waals surface area contributed by atoms with Crippen molar-refractivity contribution >= 4 is 5.82 Å². The number of rotatable bonds is 3. The molecule has 0 amide bonds. The Morgan fingerprint density at radius 1 is 1.27 bits per heavy atom. The maximum atomic E-state index is 4.54. The minimum Gasteiger partial charge on any atom is -0.357 e. The summed E-state index contributed by atoms with van der Waals surface area (Å²) in [5.74, 6) is 1.87. The minimum atomic E-state index is 0.712. The second-order valence-electron chi connectivity index (χ2n) is 4.82. The van der Waals surface area contributed by atoms with Gasteiger partial charge in [-0.2, -0.15) is 0 Å². The van der Waals surface area contributed by atoms with Gasteiger partial charge in [0.2, 0.25) is 0 Å². The number of aromatic nitrogens is 1. The van der Waals surface area contributed by atoms with E-state index in [-0.39, 0.29) is 0 Å². The monoisotopic (exact) mass is 204 g/mol. The summed E-state index contributed by atoms with van der Waals surface area (Å²) >= 11 is 0. The summed E-state index contributed by atoms with van der Waals surface area (Å²) in [5, 5.41) is 0. The van der Waals surface area contributed by atoms with E-state index in [9.17, 15) is 0 Å². The van der Waals surface area contributed by atoms with Crippen molar-refractivity contribution in [2.24, 2.45) is 5.92 Å². The molecule has 0 atom stereocenters. The quantitative estimate of drug-likeness (QED) is 0.752. The lowest BCUT2D eigenvalue weighted by molar-refractivity contribution is 0.645. The van der Waals surface area contributed by atoms with Crippen LogP contribution in [0.2, 0.25) is 0 Å². The third kappa shape index (κ3) is 2.71. The summed E-state index contributed by atoms with van der Waals surface area (Å²) in [5.41, 5.74) is 1.35. The van der Waals surface area contributed by atoms with Crippen molar-refractivity contribution in [3.63, 3.8) is 0 Å². The number of hydrogen-bond donors (Lipinski definition) is 0. The second-order valence-corrected chi connectivity index (χ2v) is 4.82. The van der Waals surface area contributed by atoms with Crippen LogP contribution < -0.4 is 4.90 Å². The first-order valence-corrected chi connectivity index (χ1v) is 5.95. The van der Waals surface area contributed by atoms with E-state index in [0.717, 1.165) is 12.2 Å². The first-order valence-electron chi connectivity index (χ1n) is 5.95. The summed E-state index contributed by atoms with van der Waals surface area (Å²) in [6.45, 7) is 6.84. The summed E-state index contributed by atoms with van der Waals surface area (Å²) in [7, 11) is 0. The largest absolute Gasteiger partial charge is 0.357 e. The van der Waals surface area contributed by atoms with Gasteiger partial charge in [-0.3, -0.25) is 0 Å². The zero-order valence-electron chi connectivity index (χ0n) is 9.74. The SMILES string of the molecule is CC(C)Cc1ccc(N2CCCC2)nc1. The smallest absolute Gasteiger partial charge is 0.128 e. The molecular formula is C13H20N2. The van der Waals surface area contributed by atoms with E-state index in [2.05, 4.69) is 35.9 Å². The number of pyridine rings is 1. The van der Waals surface area contributed by atoms with Crippen LogP contribution in [0, 0.1) is 5.92 Å². The van der Waals surface area contributed by atoms with Crippen molar-refractivity contribution in [3.8, 4) is 0 Å². The molecular weight excluding hydrogens is 184 g/mol. The highest BCUT2D eigenvalue weighted by Gasteiger charge is 2.12. The Bertz CT molecular complexity index is 297. The van der Waals surface area contributed by atoms with Crippen LogP contribution in [0.4, 0.5) is 5.82 Å². The zero-order valence-corrected chi connectivity index (χ0v) is 9.74. The van der Waals surface area contributed by atoms with Gasteiger partial charge in [-0.25, -0.2) is 4.98 Å². The van der Waals surface area contributed by atoms with Crippen LogP contribution in [0.3, 0.4) is 0 Å². The third-order valence-corrected chi connectivity index (χ3v) is 2.88. The third-order valence-electron chi connectivity index (χ3n) is 2.88. The van der Waals surface area contributed by atoms with Gasteiger partial charge in [0.15, 0.2) is 0 Å². The summed E-state index contributed by atoms with van der Waals surface area (Å²) in [6.07, 6.45) is 5.80. The lowest BCUT2D eigenvalue weighted by Gasteiger charge is -2.16. The van der Waals surface area contributed by atoms with Gasteiger partial charge < -0.3 is 4.90 Å². The highest BCUT2D eigenvalue weighted by molar-refractivity contribution is 5.40. The molecule has 1 aliphatic rings. The highest BCUT2D eigenvalue weighted by Crippen LogP contribution is 2.18. The lowest BCUT2D eigenvalue weighted by atomic mass is 10.1. The fourth-order valence-electron chi connectivity index (χ4n) is 2.14. The molecule has 82 valence electrons. The molecule has 1 aromatic heterocycles. The highest BCUT2D eigenvalue weighted by atomic mass is 15.2. The van der Waals surface area contributed by atoms with Gasteiger partial charge in [0.05, 0.1) is 0 Å². The van der Waals surface area contributed by atoms with Gasteiger partial charge in [-0.05, 0) is 36.8 Å². The van der Waals surface area contributed by atoms with E-state index >= 15 is 0 Å². The van der Waals surface area contributed by atoms with E-state index in [0.29, 0.717) is 5.92 Å². The minimum absolute atomic E-state index is 0.712. The van der Waals surface area contributed by atoms with Crippen molar-refractivity contribution in [2.75, 3.05) is 18.0 Å². The van der Waals surface area contributed by atoms with Crippen molar-refractivity contribution in [1.29, 1.82) is 0 Å². The predicted molar refractivity (Wildman–Crippen MR) is 64.2 cm³/mol. The summed E-state index contributed by atoms with van der Waals surface area (Å²) in [4.78, 5) is 6.91. The average Bonchev–Trinajstić information content (AvgIpc) is 2.71. The van der Waals surface area contributed by atoms with Crippen LogP contribution in [0.15, 0.2) is 18.3 Å². The molecule has 0 radical (unpaired) electrons. The average molecular weight is 204 g/mol. The van der Waals surface area contributed by atoms with Gasteiger partial charge >= 0.3 is 0 Å². The van der Waals surface area contributed by atoms with Crippen LogP contribution in [0.5, 0.6) is 0 Å². The molecule has 0 bridgehead atoms. The summed E-state index contributed by atoms with van der Waals surface area (Å²) in [6, 6.07) is 4.39. The Labute approximate surface area is 92.3 Å². The van der Waals surface area contributed by atoms with Gasteiger partial charge in [0.25, 0.3) is 0 Å². The van der Waals surface area contributed by atoms with Crippen LogP contribution in [0.25, 0.3) is 0 Å². The van der Waals surface area contributed by atoms with Crippen molar-refractivity contribution in [2.45, 2.75) is 33.1 Å².